The lowest BCUT2D eigenvalue weighted by molar-refractivity contribution is 0.162. The van der Waals surface area contributed by atoms with Crippen LogP contribution < -0.4 is 22.1 Å². The molecule has 230 valence electrons. The lowest BCUT2D eigenvalue weighted by Crippen LogP contribution is -2.36. The molecule has 0 spiro atoms. The maximum Gasteiger partial charge on any atom is 0.354 e. The molecule has 2 heterocycles. The number of amidine groups is 1. The van der Waals surface area contributed by atoms with Crippen LogP contribution in [0, 0.1) is 11.2 Å². The molecule has 2 aromatic carbocycles. The molecule has 0 amide bonds. The van der Waals surface area contributed by atoms with Gasteiger partial charge >= 0.3 is 5.69 Å². The number of aromatic amines is 1. The predicted molar refractivity (Wildman–Crippen MR) is 168 cm³/mol. The highest BCUT2D eigenvalue weighted by Crippen LogP contribution is 2.31. The summed E-state index contributed by atoms with van der Waals surface area (Å²) in [5, 5.41) is 14.6. The maximum absolute atomic E-state index is 15.1. The minimum Gasteiger partial charge on any atom is -0.383 e. The molecule has 4 rings (SSSR count). The van der Waals surface area contributed by atoms with E-state index in [0.29, 0.717) is 67.2 Å². The molecule has 0 unspecified atom stereocenters. The van der Waals surface area contributed by atoms with E-state index in [-0.39, 0.29) is 16.6 Å². The quantitative estimate of drug-likeness (QED) is 0.0959. The minimum absolute atomic E-state index is 0.0188. The average molecular weight is 614 g/mol. The number of rotatable bonds is 15. The van der Waals surface area contributed by atoms with E-state index >= 15 is 4.39 Å². The lowest BCUT2D eigenvalue weighted by Gasteiger charge is -2.18. The second-order valence-electron chi connectivity index (χ2n) is 10.7. The van der Waals surface area contributed by atoms with Crippen molar-refractivity contribution in [1.82, 2.24) is 25.2 Å². The Bertz CT molecular complexity index is 1590. The van der Waals surface area contributed by atoms with Gasteiger partial charge in [-0.1, -0.05) is 23.7 Å². The molecule has 2 atom stereocenters. The summed E-state index contributed by atoms with van der Waals surface area (Å²) in [6.07, 6.45) is 4.21. The molecular weight excluding hydrogens is 576 g/mol. The molecule has 0 aliphatic rings. The fourth-order valence-corrected chi connectivity index (χ4v) is 5.11. The Morgan fingerprint density at radius 2 is 1.98 bits per heavy atom. The number of ether oxygens (including phenoxy) is 1. The molecule has 0 saturated carbocycles. The largest absolute Gasteiger partial charge is 0.383 e. The molecule has 43 heavy (non-hydrogen) atoms. The standard InChI is InChI=1S/C31H38ClF2N7O2/c1-19(35)37-11-10-24(18-43-2)38-16-20-6-8-25(9-7-20)41-17-22-14-28(39-30(22)40-31(41)42)26-12-21(13-27(32)29(26)34)4-3-5-23(36)15-33/h6-9,12-14,17,23-24,38H,3-5,10-11,15-16,18,36H2,1-2H3,(H2,35,37)(H,39,40,42)/t23-,24-/m1/s1. The van der Waals surface area contributed by atoms with Crippen molar-refractivity contribution in [3.63, 3.8) is 0 Å². The summed E-state index contributed by atoms with van der Waals surface area (Å²) in [5.74, 6) is -0.147. The molecule has 9 nitrogen and oxygen atoms in total. The van der Waals surface area contributed by atoms with Crippen LogP contribution in [0.5, 0.6) is 0 Å². The first-order valence-corrected chi connectivity index (χ1v) is 14.6. The number of aryl methyl sites for hydroxylation is 1. The molecule has 12 heteroatoms. The van der Waals surface area contributed by atoms with Gasteiger partial charge in [-0.2, -0.15) is 4.98 Å². The van der Waals surface area contributed by atoms with Gasteiger partial charge in [0.1, 0.15) is 12.3 Å². The summed E-state index contributed by atoms with van der Waals surface area (Å²) in [7, 11) is 1.66. The second-order valence-corrected chi connectivity index (χ2v) is 11.1. The predicted octanol–water partition coefficient (Wildman–Crippen LogP) is 4.87. The Kier molecular flexibility index (Phi) is 11.4. The van der Waals surface area contributed by atoms with Crippen molar-refractivity contribution in [3.05, 3.63) is 81.1 Å². The van der Waals surface area contributed by atoms with Crippen LogP contribution in [0.25, 0.3) is 28.0 Å². The van der Waals surface area contributed by atoms with Gasteiger partial charge in [0, 0.05) is 49.4 Å². The van der Waals surface area contributed by atoms with Crippen LogP contribution in [0.3, 0.4) is 0 Å². The molecule has 0 radical (unpaired) electrons. The van der Waals surface area contributed by atoms with E-state index in [1.165, 1.54) is 4.57 Å². The van der Waals surface area contributed by atoms with Gasteiger partial charge in [-0.05, 0) is 74.1 Å². The van der Waals surface area contributed by atoms with Gasteiger partial charge in [-0.3, -0.25) is 9.98 Å². The van der Waals surface area contributed by atoms with E-state index in [4.69, 9.17) is 27.5 Å². The molecule has 4 aromatic rings. The third kappa shape index (κ3) is 8.70. The monoisotopic (exact) mass is 613 g/mol. The van der Waals surface area contributed by atoms with Crippen molar-refractivity contribution in [3.8, 4) is 16.9 Å². The number of hydrogen-bond acceptors (Lipinski definition) is 6. The van der Waals surface area contributed by atoms with Gasteiger partial charge in [-0.25, -0.2) is 13.6 Å². The number of methoxy groups -OCH3 is 1. The number of hydrogen-bond donors (Lipinski definition) is 5. The Labute approximate surface area is 254 Å². The van der Waals surface area contributed by atoms with E-state index in [9.17, 15) is 9.18 Å². The third-order valence-corrected chi connectivity index (χ3v) is 7.46. The van der Waals surface area contributed by atoms with Crippen LogP contribution in [0.2, 0.25) is 5.02 Å². The fraction of sp³-hybridized carbons (Fsp3) is 0.387. The van der Waals surface area contributed by atoms with Crippen molar-refractivity contribution in [2.45, 2.75) is 51.2 Å². The third-order valence-electron chi connectivity index (χ3n) is 7.18. The fourth-order valence-electron chi connectivity index (χ4n) is 4.87. The lowest BCUT2D eigenvalue weighted by atomic mass is 10.0. The highest BCUT2D eigenvalue weighted by molar-refractivity contribution is 6.31. The number of nitrogens with two attached hydrogens (primary N) is 1. The van der Waals surface area contributed by atoms with Gasteiger partial charge < -0.3 is 26.1 Å². The van der Waals surface area contributed by atoms with Crippen molar-refractivity contribution in [2.24, 2.45) is 5.73 Å². The number of fused-ring (bicyclic) bond motifs is 1. The first-order valence-electron chi connectivity index (χ1n) is 14.2. The van der Waals surface area contributed by atoms with Crippen molar-refractivity contribution < 1.29 is 13.5 Å². The number of halogens is 3. The Balaban J connectivity index is 1.50. The Morgan fingerprint density at radius 3 is 2.67 bits per heavy atom. The zero-order valence-electron chi connectivity index (χ0n) is 24.4. The number of nitrogens with zero attached hydrogens (tertiary/aromatic N) is 2. The molecular formula is C31H38ClF2N7O2. The normalized spacial score (nSPS) is 12.9. The summed E-state index contributed by atoms with van der Waals surface area (Å²) in [6, 6.07) is 12.2. The highest BCUT2D eigenvalue weighted by Gasteiger charge is 2.16. The highest BCUT2D eigenvalue weighted by atomic mass is 35.5. The number of benzene rings is 2. The second kappa shape index (κ2) is 15.2. The summed E-state index contributed by atoms with van der Waals surface area (Å²) < 4.78 is 34.5. The smallest absolute Gasteiger partial charge is 0.354 e. The minimum atomic E-state index is -0.582. The van der Waals surface area contributed by atoms with Crippen LogP contribution in [-0.2, 0) is 17.7 Å². The molecule has 0 bridgehead atoms. The van der Waals surface area contributed by atoms with Gasteiger partial charge in [-0.15, -0.1) is 0 Å². The van der Waals surface area contributed by atoms with Crippen LogP contribution in [0.4, 0.5) is 8.78 Å². The maximum atomic E-state index is 15.1. The van der Waals surface area contributed by atoms with Crippen molar-refractivity contribution >= 4 is 28.5 Å². The number of aromatic nitrogens is 3. The SMILES string of the molecule is COC[C@@H](CCNC(C)=N)NCc1ccc(-n2cc3cc(-c4cc(CCC[C@@H](N)CF)cc(Cl)c4F)[nH]c3nc2=O)cc1. The summed E-state index contributed by atoms with van der Waals surface area (Å²) in [4.78, 5) is 20.2. The molecule has 6 N–H and O–H groups in total. The van der Waals surface area contributed by atoms with E-state index in [1.807, 2.05) is 24.3 Å². The van der Waals surface area contributed by atoms with Gasteiger partial charge in [0.2, 0.25) is 0 Å². The first kappa shape index (κ1) is 32.3. The van der Waals surface area contributed by atoms with Crippen LogP contribution in [0.1, 0.15) is 37.3 Å². The van der Waals surface area contributed by atoms with E-state index < -0.39 is 24.2 Å². The summed E-state index contributed by atoms with van der Waals surface area (Å²) in [5.41, 5.74) is 8.73. The van der Waals surface area contributed by atoms with Crippen LogP contribution in [0.15, 0.2) is 53.5 Å². The van der Waals surface area contributed by atoms with Crippen molar-refractivity contribution in [1.29, 1.82) is 5.41 Å². The first-order chi connectivity index (χ1) is 20.7. The summed E-state index contributed by atoms with van der Waals surface area (Å²) in [6.45, 7) is 2.96. The Hall–Kier alpha value is -3.64. The molecule has 0 fully saturated rings. The van der Waals surface area contributed by atoms with Gasteiger partial charge in [0.25, 0.3) is 0 Å². The topological polar surface area (TPSA) is 134 Å². The van der Waals surface area contributed by atoms with Gasteiger partial charge in [0.15, 0.2) is 5.82 Å². The average Bonchev–Trinajstić information content (AvgIpc) is 3.39. The van der Waals surface area contributed by atoms with Crippen LogP contribution >= 0.6 is 11.6 Å². The van der Waals surface area contributed by atoms with E-state index in [2.05, 4.69) is 20.6 Å². The zero-order chi connectivity index (χ0) is 30.9. The molecule has 0 aliphatic carbocycles. The number of H-pyrrole nitrogens is 1. The van der Waals surface area contributed by atoms with Gasteiger partial charge in [0.05, 0.1) is 28.8 Å². The summed E-state index contributed by atoms with van der Waals surface area (Å²) >= 11 is 6.20. The Morgan fingerprint density at radius 1 is 1.21 bits per heavy atom. The van der Waals surface area contributed by atoms with Crippen LogP contribution in [-0.4, -0.2) is 59.4 Å². The van der Waals surface area contributed by atoms with E-state index in [1.54, 1.807) is 38.4 Å². The number of alkyl halides is 1. The molecule has 0 aliphatic heterocycles. The molecule has 0 saturated heterocycles. The number of nitrogens with one attached hydrogen (secondary N) is 4. The molecule has 2 aromatic heterocycles. The van der Waals surface area contributed by atoms with E-state index in [0.717, 1.165) is 17.5 Å². The zero-order valence-corrected chi connectivity index (χ0v) is 25.1. The van der Waals surface area contributed by atoms with Crippen molar-refractivity contribution in [2.75, 3.05) is 26.9 Å².